The largest absolute Gasteiger partial charge is 0.411 e. The zero-order valence-electron chi connectivity index (χ0n) is 15.9. The number of amides is 1. The maximum absolute atomic E-state index is 12.2. The molecule has 1 amide bonds. The van der Waals surface area contributed by atoms with Gasteiger partial charge in [-0.05, 0) is 35.4 Å². The second-order valence-corrected chi connectivity index (χ2v) is 8.04. The van der Waals surface area contributed by atoms with Crippen molar-refractivity contribution in [1.29, 1.82) is 0 Å². The molecule has 10 heteroatoms. The summed E-state index contributed by atoms with van der Waals surface area (Å²) in [6.07, 6.45) is -2.95. The quantitative estimate of drug-likeness (QED) is 0.554. The van der Waals surface area contributed by atoms with Gasteiger partial charge in [-0.15, -0.1) is 6.58 Å². The van der Waals surface area contributed by atoms with E-state index in [1.807, 2.05) is 0 Å². The normalized spacial score (nSPS) is 11.8. The Labute approximate surface area is 172 Å². The van der Waals surface area contributed by atoms with Crippen LogP contribution in [0.4, 0.5) is 13.2 Å². The Morgan fingerprint density at radius 2 is 1.63 bits per heavy atom. The van der Waals surface area contributed by atoms with Crippen LogP contribution in [-0.2, 0) is 27.9 Å². The molecule has 30 heavy (non-hydrogen) atoms. The highest BCUT2D eigenvalue weighted by molar-refractivity contribution is 7.89. The Balaban J connectivity index is 1.87. The third-order valence-electron chi connectivity index (χ3n) is 3.85. The Bertz CT molecular complexity index is 957. The Kier molecular flexibility index (Phi) is 8.16. The summed E-state index contributed by atoms with van der Waals surface area (Å²) in [6, 6.07) is 12.0. The Hall–Kier alpha value is -2.69. The van der Waals surface area contributed by atoms with Crippen LogP contribution in [0.2, 0.25) is 0 Å². The van der Waals surface area contributed by atoms with Gasteiger partial charge in [0.2, 0.25) is 10.0 Å². The van der Waals surface area contributed by atoms with Crippen LogP contribution in [0.15, 0.2) is 66.1 Å². The van der Waals surface area contributed by atoms with Crippen LogP contribution in [0, 0.1) is 0 Å². The van der Waals surface area contributed by atoms with E-state index in [0.717, 1.165) is 5.56 Å². The zero-order valence-corrected chi connectivity index (χ0v) is 16.7. The first-order chi connectivity index (χ1) is 14.1. The van der Waals surface area contributed by atoms with E-state index in [4.69, 9.17) is 0 Å². The molecule has 0 bridgehead atoms. The summed E-state index contributed by atoms with van der Waals surface area (Å²) in [6.45, 7) is 2.26. The summed E-state index contributed by atoms with van der Waals surface area (Å²) in [5.74, 6) is -0.393. The number of benzene rings is 2. The highest BCUT2D eigenvalue weighted by Crippen LogP contribution is 2.16. The SMILES string of the molecule is C=CCNS(=O)(=O)c1ccc(C(=O)NCc2ccc(COCC(F)(F)F)cc2)cc1. The van der Waals surface area contributed by atoms with Gasteiger partial charge in [0.15, 0.2) is 0 Å². The Morgan fingerprint density at radius 3 is 2.20 bits per heavy atom. The molecule has 2 aromatic carbocycles. The third kappa shape index (κ3) is 7.62. The van der Waals surface area contributed by atoms with Crippen LogP contribution in [0.5, 0.6) is 0 Å². The van der Waals surface area contributed by atoms with E-state index in [0.29, 0.717) is 5.56 Å². The van der Waals surface area contributed by atoms with Crippen molar-refractivity contribution >= 4 is 15.9 Å². The van der Waals surface area contributed by atoms with Crippen LogP contribution in [-0.4, -0.2) is 33.7 Å². The van der Waals surface area contributed by atoms with Crippen LogP contribution in [0.1, 0.15) is 21.5 Å². The third-order valence-corrected chi connectivity index (χ3v) is 5.29. The van der Waals surface area contributed by atoms with E-state index in [1.165, 1.54) is 30.3 Å². The number of ether oxygens (including phenoxy) is 1. The monoisotopic (exact) mass is 442 g/mol. The summed E-state index contributed by atoms with van der Waals surface area (Å²) in [4.78, 5) is 12.3. The molecule has 0 heterocycles. The molecule has 2 aromatic rings. The van der Waals surface area contributed by atoms with Gasteiger partial charge in [-0.25, -0.2) is 13.1 Å². The fourth-order valence-corrected chi connectivity index (χ4v) is 3.36. The highest BCUT2D eigenvalue weighted by Gasteiger charge is 2.27. The van der Waals surface area contributed by atoms with Crippen molar-refractivity contribution < 1.29 is 31.1 Å². The Morgan fingerprint density at radius 1 is 1.03 bits per heavy atom. The lowest BCUT2D eigenvalue weighted by Crippen LogP contribution is -2.24. The van der Waals surface area contributed by atoms with E-state index in [9.17, 15) is 26.4 Å². The molecule has 6 nitrogen and oxygen atoms in total. The number of carbonyl (C=O) groups excluding carboxylic acids is 1. The molecule has 0 saturated heterocycles. The molecule has 0 spiro atoms. The van der Waals surface area contributed by atoms with Crippen LogP contribution in [0.25, 0.3) is 0 Å². The average molecular weight is 442 g/mol. The first-order valence-electron chi connectivity index (χ1n) is 8.82. The van der Waals surface area contributed by atoms with Crippen molar-refractivity contribution in [3.05, 3.63) is 77.9 Å². The van der Waals surface area contributed by atoms with Gasteiger partial charge in [-0.1, -0.05) is 30.3 Å². The zero-order chi connectivity index (χ0) is 22.2. The van der Waals surface area contributed by atoms with Gasteiger partial charge in [0, 0.05) is 18.7 Å². The molecule has 0 radical (unpaired) electrons. The predicted octanol–water partition coefficient (Wildman–Crippen LogP) is 3.16. The number of nitrogens with one attached hydrogen (secondary N) is 2. The summed E-state index contributed by atoms with van der Waals surface area (Å²) < 4.78 is 67.1. The summed E-state index contributed by atoms with van der Waals surface area (Å²) in [5, 5.41) is 2.69. The van der Waals surface area contributed by atoms with Gasteiger partial charge in [-0.2, -0.15) is 13.2 Å². The number of alkyl halides is 3. The van der Waals surface area contributed by atoms with E-state index >= 15 is 0 Å². The second-order valence-electron chi connectivity index (χ2n) is 6.27. The van der Waals surface area contributed by atoms with Crippen molar-refractivity contribution in [2.45, 2.75) is 24.2 Å². The van der Waals surface area contributed by atoms with E-state index in [-0.39, 0.29) is 30.2 Å². The van der Waals surface area contributed by atoms with Gasteiger partial charge in [0.05, 0.1) is 11.5 Å². The maximum atomic E-state index is 12.2. The molecule has 2 N–H and O–H groups in total. The standard InChI is InChI=1S/C20H21F3N2O4S/c1-2-11-25-30(27,28)18-9-7-17(8-10-18)19(26)24-12-15-3-5-16(6-4-15)13-29-14-20(21,22)23/h2-10,25H,1,11-14H2,(H,24,26). The van der Waals surface area contributed by atoms with Gasteiger partial charge in [0.1, 0.15) is 6.61 Å². The molecule has 0 saturated carbocycles. The van der Waals surface area contributed by atoms with Crippen molar-refractivity contribution in [3.8, 4) is 0 Å². The van der Waals surface area contributed by atoms with E-state index in [2.05, 4.69) is 21.4 Å². The molecule has 0 aliphatic carbocycles. The van der Waals surface area contributed by atoms with Gasteiger partial charge < -0.3 is 10.1 Å². The fourth-order valence-electron chi connectivity index (χ4n) is 2.36. The molecular formula is C20H21F3N2O4S. The molecule has 0 aliphatic heterocycles. The molecular weight excluding hydrogens is 421 g/mol. The molecule has 2 rings (SSSR count). The summed E-state index contributed by atoms with van der Waals surface area (Å²) in [7, 11) is -3.66. The fraction of sp³-hybridized carbons (Fsp3) is 0.250. The van der Waals surface area contributed by atoms with Crippen LogP contribution >= 0.6 is 0 Å². The lowest BCUT2D eigenvalue weighted by molar-refractivity contribution is -0.176. The molecule has 0 atom stereocenters. The van der Waals surface area contributed by atoms with Crippen molar-refractivity contribution in [3.63, 3.8) is 0 Å². The lowest BCUT2D eigenvalue weighted by Gasteiger charge is -2.09. The summed E-state index contributed by atoms with van der Waals surface area (Å²) in [5.41, 5.74) is 1.61. The first-order valence-corrected chi connectivity index (χ1v) is 10.3. The smallest absolute Gasteiger partial charge is 0.367 e. The lowest BCUT2D eigenvalue weighted by atomic mass is 10.1. The van der Waals surface area contributed by atoms with Gasteiger partial charge >= 0.3 is 6.18 Å². The number of carbonyl (C=O) groups is 1. The highest BCUT2D eigenvalue weighted by atomic mass is 32.2. The van der Waals surface area contributed by atoms with Gasteiger partial charge in [-0.3, -0.25) is 4.79 Å². The number of hydrogen-bond donors (Lipinski definition) is 2. The maximum Gasteiger partial charge on any atom is 0.411 e. The number of hydrogen-bond acceptors (Lipinski definition) is 4. The number of halogens is 3. The molecule has 0 fully saturated rings. The predicted molar refractivity (Wildman–Crippen MR) is 105 cm³/mol. The van der Waals surface area contributed by atoms with Crippen molar-refractivity contribution in [1.82, 2.24) is 10.0 Å². The summed E-state index contributed by atoms with van der Waals surface area (Å²) >= 11 is 0. The second kappa shape index (κ2) is 10.4. The van der Waals surface area contributed by atoms with Crippen molar-refractivity contribution in [2.75, 3.05) is 13.2 Å². The minimum Gasteiger partial charge on any atom is -0.367 e. The molecule has 0 aliphatic rings. The minimum absolute atomic E-state index is 0.0317. The number of rotatable bonds is 10. The van der Waals surface area contributed by atoms with Crippen molar-refractivity contribution in [2.24, 2.45) is 0 Å². The van der Waals surface area contributed by atoms with Crippen LogP contribution < -0.4 is 10.0 Å². The minimum atomic E-state index is -4.37. The molecule has 0 aromatic heterocycles. The number of sulfonamides is 1. The molecule has 0 unspecified atom stereocenters. The van der Waals surface area contributed by atoms with E-state index < -0.39 is 28.7 Å². The van der Waals surface area contributed by atoms with Gasteiger partial charge in [0.25, 0.3) is 5.91 Å². The van der Waals surface area contributed by atoms with Crippen LogP contribution in [0.3, 0.4) is 0 Å². The van der Waals surface area contributed by atoms with E-state index in [1.54, 1.807) is 24.3 Å². The first kappa shape index (κ1) is 23.6. The topological polar surface area (TPSA) is 84.5 Å². The average Bonchev–Trinajstić information content (AvgIpc) is 2.70. The molecule has 162 valence electrons.